The molecular weight excluding hydrogens is 276 g/mol. The zero-order chi connectivity index (χ0) is 15.5. The van der Waals surface area contributed by atoms with Crippen molar-refractivity contribution in [2.24, 2.45) is 5.92 Å². The van der Waals surface area contributed by atoms with E-state index in [4.69, 9.17) is 0 Å². The zero-order valence-electron chi connectivity index (χ0n) is 13.1. The van der Waals surface area contributed by atoms with Gasteiger partial charge in [0.15, 0.2) is 0 Å². The highest BCUT2D eigenvalue weighted by Crippen LogP contribution is 2.24. The molecule has 0 saturated heterocycles. The summed E-state index contributed by atoms with van der Waals surface area (Å²) in [7, 11) is 0. The van der Waals surface area contributed by atoms with E-state index in [0.29, 0.717) is 18.9 Å². The van der Waals surface area contributed by atoms with E-state index in [-0.39, 0.29) is 12.0 Å². The Kier molecular flexibility index (Phi) is 4.48. The van der Waals surface area contributed by atoms with Gasteiger partial charge in [0.1, 0.15) is 0 Å². The standard InChI is InChI=1S/C18H24N2O2/c1-12-5-6-16-14(11-19-17(16)7-12)9-18(22)20-10-13-3-2-4-15(21)8-13/h5-7,11,13,15,19,21H,2-4,8-10H2,1H3,(H,20,22). The molecule has 1 aliphatic carbocycles. The van der Waals surface area contributed by atoms with E-state index in [2.05, 4.69) is 35.4 Å². The first-order chi connectivity index (χ1) is 10.6. The molecule has 22 heavy (non-hydrogen) atoms. The number of fused-ring (bicyclic) bond motifs is 1. The summed E-state index contributed by atoms with van der Waals surface area (Å²) in [5.74, 6) is 0.472. The topological polar surface area (TPSA) is 65.1 Å². The Labute approximate surface area is 130 Å². The number of aromatic amines is 1. The fourth-order valence-corrected chi connectivity index (χ4v) is 3.39. The molecule has 2 unspecified atom stereocenters. The summed E-state index contributed by atoms with van der Waals surface area (Å²) >= 11 is 0. The molecule has 0 radical (unpaired) electrons. The molecule has 1 amide bonds. The number of benzene rings is 1. The summed E-state index contributed by atoms with van der Waals surface area (Å²) in [6.07, 6.45) is 6.01. The number of aromatic nitrogens is 1. The monoisotopic (exact) mass is 300 g/mol. The maximum Gasteiger partial charge on any atom is 0.224 e. The van der Waals surface area contributed by atoms with Crippen molar-refractivity contribution in [2.45, 2.75) is 45.1 Å². The largest absolute Gasteiger partial charge is 0.393 e. The summed E-state index contributed by atoms with van der Waals surface area (Å²) in [6, 6.07) is 6.24. The van der Waals surface area contributed by atoms with Crippen LogP contribution in [-0.2, 0) is 11.2 Å². The van der Waals surface area contributed by atoms with Crippen LogP contribution in [0.5, 0.6) is 0 Å². The molecule has 3 rings (SSSR count). The Morgan fingerprint density at radius 2 is 2.27 bits per heavy atom. The fourth-order valence-electron chi connectivity index (χ4n) is 3.39. The van der Waals surface area contributed by atoms with Crippen LogP contribution in [0.1, 0.15) is 36.8 Å². The average Bonchev–Trinajstić information content (AvgIpc) is 2.87. The van der Waals surface area contributed by atoms with E-state index in [0.717, 1.165) is 42.1 Å². The molecule has 1 aliphatic rings. The van der Waals surface area contributed by atoms with Crippen molar-refractivity contribution in [3.63, 3.8) is 0 Å². The van der Waals surface area contributed by atoms with Crippen LogP contribution in [0.25, 0.3) is 10.9 Å². The molecule has 0 aliphatic heterocycles. The first-order valence-corrected chi connectivity index (χ1v) is 8.13. The summed E-state index contributed by atoms with van der Waals surface area (Å²) in [5, 5.41) is 13.8. The average molecular weight is 300 g/mol. The normalized spacial score (nSPS) is 21.9. The number of amides is 1. The van der Waals surface area contributed by atoms with Crippen molar-refractivity contribution in [2.75, 3.05) is 6.54 Å². The number of hydrogen-bond donors (Lipinski definition) is 3. The van der Waals surface area contributed by atoms with Crippen LogP contribution < -0.4 is 5.32 Å². The first kappa shape index (κ1) is 15.1. The summed E-state index contributed by atoms with van der Waals surface area (Å²) in [4.78, 5) is 15.4. The van der Waals surface area contributed by atoms with Crippen molar-refractivity contribution in [3.05, 3.63) is 35.5 Å². The van der Waals surface area contributed by atoms with Gasteiger partial charge in [-0.25, -0.2) is 0 Å². The second-order valence-corrected chi connectivity index (χ2v) is 6.53. The van der Waals surface area contributed by atoms with Crippen molar-refractivity contribution in [1.82, 2.24) is 10.3 Å². The predicted molar refractivity (Wildman–Crippen MR) is 87.7 cm³/mol. The lowest BCUT2D eigenvalue weighted by Crippen LogP contribution is -2.33. The summed E-state index contributed by atoms with van der Waals surface area (Å²) in [5.41, 5.74) is 3.33. The molecule has 118 valence electrons. The lowest BCUT2D eigenvalue weighted by molar-refractivity contribution is -0.120. The predicted octanol–water partition coefficient (Wildman–Crippen LogP) is 2.69. The number of carbonyl (C=O) groups excluding carboxylic acids is 1. The Hall–Kier alpha value is -1.81. The molecule has 0 spiro atoms. The van der Waals surface area contributed by atoms with E-state index in [1.54, 1.807) is 0 Å². The van der Waals surface area contributed by atoms with Crippen molar-refractivity contribution in [3.8, 4) is 0 Å². The molecule has 3 N–H and O–H groups in total. The van der Waals surface area contributed by atoms with Gasteiger partial charge in [0.2, 0.25) is 5.91 Å². The van der Waals surface area contributed by atoms with E-state index in [1.807, 2.05) is 6.20 Å². The van der Waals surface area contributed by atoms with Gasteiger partial charge in [-0.05, 0) is 49.3 Å². The molecule has 4 nitrogen and oxygen atoms in total. The van der Waals surface area contributed by atoms with Crippen molar-refractivity contribution in [1.29, 1.82) is 0 Å². The van der Waals surface area contributed by atoms with Gasteiger partial charge >= 0.3 is 0 Å². The Morgan fingerprint density at radius 1 is 1.41 bits per heavy atom. The number of rotatable bonds is 4. The number of hydrogen-bond acceptors (Lipinski definition) is 2. The minimum atomic E-state index is -0.187. The highest BCUT2D eigenvalue weighted by Gasteiger charge is 2.20. The minimum Gasteiger partial charge on any atom is -0.393 e. The van der Waals surface area contributed by atoms with E-state index >= 15 is 0 Å². The molecule has 0 bridgehead atoms. The van der Waals surface area contributed by atoms with E-state index < -0.39 is 0 Å². The number of aliphatic hydroxyl groups excluding tert-OH is 1. The van der Waals surface area contributed by atoms with Crippen LogP contribution >= 0.6 is 0 Å². The molecule has 2 aromatic rings. The van der Waals surface area contributed by atoms with Crippen LogP contribution in [0.3, 0.4) is 0 Å². The Morgan fingerprint density at radius 3 is 3.09 bits per heavy atom. The Balaban J connectivity index is 1.56. The molecule has 1 aromatic heterocycles. The lowest BCUT2D eigenvalue weighted by atomic mass is 9.87. The smallest absolute Gasteiger partial charge is 0.224 e. The van der Waals surface area contributed by atoms with Crippen LogP contribution in [-0.4, -0.2) is 28.6 Å². The number of H-pyrrole nitrogens is 1. The van der Waals surface area contributed by atoms with Crippen LogP contribution in [0.2, 0.25) is 0 Å². The van der Waals surface area contributed by atoms with Gasteiger partial charge in [-0.3, -0.25) is 4.79 Å². The summed E-state index contributed by atoms with van der Waals surface area (Å²) < 4.78 is 0. The van der Waals surface area contributed by atoms with Gasteiger partial charge < -0.3 is 15.4 Å². The van der Waals surface area contributed by atoms with Crippen molar-refractivity contribution < 1.29 is 9.90 Å². The zero-order valence-corrected chi connectivity index (χ0v) is 13.1. The molecule has 1 aromatic carbocycles. The second kappa shape index (κ2) is 6.53. The third-order valence-electron chi connectivity index (χ3n) is 4.62. The molecule has 4 heteroatoms. The quantitative estimate of drug-likeness (QED) is 0.813. The lowest BCUT2D eigenvalue weighted by Gasteiger charge is -2.25. The highest BCUT2D eigenvalue weighted by atomic mass is 16.3. The van der Waals surface area contributed by atoms with Crippen LogP contribution in [0.15, 0.2) is 24.4 Å². The highest BCUT2D eigenvalue weighted by molar-refractivity contribution is 5.89. The number of nitrogens with one attached hydrogen (secondary N) is 2. The SMILES string of the molecule is Cc1ccc2c(CC(=O)NCC3CCCC(O)C3)c[nH]c2c1. The minimum absolute atomic E-state index is 0.0570. The number of carbonyl (C=O) groups is 1. The molecular formula is C18H24N2O2. The van der Waals surface area contributed by atoms with Gasteiger partial charge in [0, 0.05) is 23.6 Å². The van der Waals surface area contributed by atoms with E-state index in [9.17, 15) is 9.90 Å². The van der Waals surface area contributed by atoms with E-state index in [1.165, 1.54) is 5.56 Å². The third kappa shape index (κ3) is 3.50. The fraction of sp³-hybridized carbons (Fsp3) is 0.500. The third-order valence-corrected chi connectivity index (χ3v) is 4.62. The second-order valence-electron chi connectivity index (χ2n) is 6.53. The maximum absolute atomic E-state index is 12.2. The molecule has 2 atom stereocenters. The first-order valence-electron chi connectivity index (χ1n) is 8.13. The van der Waals surface area contributed by atoms with Gasteiger partial charge in [-0.1, -0.05) is 18.6 Å². The Bertz CT molecular complexity index is 662. The van der Waals surface area contributed by atoms with Gasteiger partial charge in [-0.2, -0.15) is 0 Å². The summed E-state index contributed by atoms with van der Waals surface area (Å²) in [6.45, 7) is 2.74. The van der Waals surface area contributed by atoms with Crippen LogP contribution in [0.4, 0.5) is 0 Å². The van der Waals surface area contributed by atoms with Crippen LogP contribution in [0, 0.1) is 12.8 Å². The van der Waals surface area contributed by atoms with Gasteiger partial charge in [-0.15, -0.1) is 0 Å². The number of aryl methyl sites for hydroxylation is 1. The number of aliphatic hydroxyl groups is 1. The van der Waals surface area contributed by atoms with Gasteiger partial charge in [0.05, 0.1) is 12.5 Å². The maximum atomic E-state index is 12.2. The van der Waals surface area contributed by atoms with Gasteiger partial charge in [0.25, 0.3) is 0 Å². The molecule has 1 saturated carbocycles. The molecule has 1 heterocycles. The molecule has 1 fully saturated rings. The van der Waals surface area contributed by atoms with Crippen molar-refractivity contribution >= 4 is 16.8 Å².